The first-order chi connectivity index (χ1) is 12.1. The number of anilines is 1. The summed E-state index contributed by atoms with van der Waals surface area (Å²) in [4.78, 5) is 30.1. The first-order valence-corrected chi connectivity index (χ1v) is 8.64. The molecule has 0 spiro atoms. The molecule has 1 aliphatic rings. The van der Waals surface area contributed by atoms with Crippen molar-refractivity contribution in [2.75, 3.05) is 25.0 Å². The van der Waals surface area contributed by atoms with Crippen LogP contribution in [0.25, 0.3) is 10.9 Å². The van der Waals surface area contributed by atoms with E-state index in [0.717, 1.165) is 30.4 Å². The molecule has 1 aliphatic heterocycles. The van der Waals surface area contributed by atoms with Gasteiger partial charge in [-0.15, -0.1) is 0 Å². The number of hydrogen-bond acceptors (Lipinski definition) is 4. The van der Waals surface area contributed by atoms with Crippen LogP contribution in [0.2, 0.25) is 0 Å². The van der Waals surface area contributed by atoms with Crippen molar-refractivity contribution in [1.82, 2.24) is 9.88 Å². The van der Waals surface area contributed by atoms with Gasteiger partial charge in [-0.2, -0.15) is 0 Å². The summed E-state index contributed by atoms with van der Waals surface area (Å²) in [6, 6.07) is 9.50. The quantitative estimate of drug-likeness (QED) is 0.877. The van der Waals surface area contributed by atoms with Crippen molar-refractivity contribution in [3.63, 3.8) is 0 Å². The Hall–Kier alpha value is -2.47. The second-order valence-corrected chi connectivity index (χ2v) is 6.28. The van der Waals surface area contributed by atoms with E-state index in [-0.39, 0.29) is 24.3 Å². The van der Waals surface area contributed by atoms with Crippen LogP contribution in [-0.2, 0) is 14.3 Å². The zero-order valence-electron chi connectivity index (χ0n) is 14.4. The fourth-order valence-corrected chi connectivity index (χ4v) is 3.07. The summed E-state index contributed by atoms with van der Waals surface area (Å²) in [5.74, 6) is -0.160. The Balaban J connectivity index is 1.58. The summed E-state index contributed by atoms with van der Waals surface area (Å²) in [6.45, 7) is 3.23. The number of carbonyl (C=O) groups is 2. The third kappa shape index (κ3) is 4.54. The zero-order chi connectivity index (χ0) is 17.6. The summed E-state index contributed by atoms with van der Waals surface area (Å²) >= 11 is 0. The van der Waals surface area contributed by atoms with E-state index in [1.807, 2.05) is 30.3 Å². The van der Waals surface area contributed by atoms with Crippen molar-refractivity contribution in [2.45, 2.75) is 32.3 Å². The van der Waals surface area contributed by atoms with Crippen LogP contribution >= 0.6 is 0 Å². The van der Waals surface area contributed by atoms with Gasteiger partial charge in [-0.25, -0.2) is 0 Å². The lowest BCUT2D eigenvalue weighted by Gasteiger charge is -2.24. The lowest BCUT2D eigenvalue weighted by molar-refractivity contribution is -0.130. The SMILES string of the molecule is CC(=O)N(CCC(=O)Nc1cccc2cccnc12)CC1CCCO1. The van der Waals surface area contributed by atoms with Crippen molar-refractivity contribution in [3.8, 4) is 0 Å². The van der Waals surface area contributed by atoms with Crippen LogP contribution in [0.4, 0.5) is 5.69 Å². The molecule has 2 heterocycles. The van der Waals surface area contributed by atoms with E-state index in [1.54, 1.807) is 11.1 Å². The molecule has 132 valence electrons. The molecule has 0 radical (unpaired) electrons. The molecular formula is C19H23N3O3. The highest BCUT2D eigenvalue weighted by atomic mass is 16.5. The number of nitrogens with one attached hydrogen (secondary N) is 1. The van der Waals surface area contributed by atoms with Crippen LogP contribution < -0.4 is 5.32 Å². The standard InChI is InChI=1S/C19H23N3O3/c1-14(23)22(13-16-7-4-12-25-16)11-9-18(24)21-17-8-2-5-15-6-3-10-20-19(15)17/h2-3,5-6,8,10,16H,4,7,9,11-13H2,1H3,(H,21,24). The van der Waals surface area contributed by atoms with Crippen LogP contribution in [0, 0.1) is 0 Å². The van der Waals surface area contributed by atoms with Crippen LogP contribution in [0.3, 0.4) is 0 Å². The molecule has 25 heavy (non-hydrogen) atoms. The Morgan fingerprint density at radius 3 is 2.92 bits per heavy atom. The predicted molar refractivity (Wildman–Crippen MR) is 96.2 cm³/mol. The Morgan fingerprint density at radius 1 is 1.32 bits per heavy atom. The topological polar surface area (TPSA) is 71.5 Å². The van der Waals surface area contributed by atoms with E-state index in [2.05, 4.69) is 10.3 Å². The molecule has 3 rings (SSSR count). The molecule has 1 saturated heterocycles. The van der Waals surface area contributed by atoms with Gasteiger partial charge in [-0.1, -0.05) is 18.2 Å². The maximum Gasteiger partial charge on any atom is 0.226 e. The molecule has 1 N–H and O–H groups in total. The third-order valence-electron chi connectivity index (χ3n) is 4.41. The number of rotatable bonds is 6. The summed E-state index contributed by atoms with van der Waals surface area (Å²) in [5, 5.41) is 3.88. The van der Waals surface area contributed by atoms with Crippen LogP contribution in [-0.4, -0.2) is 47.5 Å². The number of amides is 2. The number of carbonyl (C=O) groups excluding carboxylic acids is 2. The number of para-hydroxylation sites is 1. The normalized spacial score (nSPS) is 16.8. The lowest BCUT2D eigenvalue weighted by Crippen LogP contribution is -2.37. The zero-order valence-corrected chi connectivity index (χ0v) is 14.4. The minimum absolute atomic E-state index is 0.0323. The van der Waals surface area contributed by atoms with Crippen LogP contribution in [0.5, 0.6) is 0 Å². The van der Waals surface area contributed by atoms with E-state index in [1.165, 1.54) is 6.92 Å². The summed E-state index contributed by atoms with van der Waals surface area (Å²) in [5.41, 5.74) is 1.46. The van der Waals surface area contributed by atoms with E-state index in [4.69, 9.17) is 4.74 Å². The Kier molecular flexibility index (Phi) is 5.60. The maximum atomic E-state index is 12.3. The summed E-state index contributed by atoms with van der Waals surface area (Å²) in [7, 11) is 0. The number of benzene rings is 1. The van der Waals surface area contributed by atoms with Gasteiger partial charge in [0, 0.05) is 44.6 Å². The number of pyridine rings is 1. The Bertz CT molecular complexity index is 751. The fraction of sp³-hybridized carbons (Fsp3) is 0.421. The molecule has 0 aliphatic carbocycles. The summed E-state index contributed by atoms with van der Waals surface area (Å²) in [6.07, 6.45) is 4.05. The number of ether oxygens (including phenoxy) is 1. The van der Waals surface area contributed by atoms with Gasteiger partial charge in [0.05, 0.1) is 17.3 Å². The highest BCUT2D eigenvalue weighted by Gasteiger charge is 2.21. The Labute approximate surface area is 147 Å². The highest BCUT2D eigenvalue weighted by Crippen LogP contribution is 2.20. The second kappa shape index (κ2) is 8.07. The monoisotopic (exact) mass is 341 g/mol. The number of hydrogen-bond donors (Lipinski definition) is 1. The van der Waals surface area contributed by atoms with Gasteiger partial charge in [-0.3, -0.25) is 14.6 Å². The van der Waals surface area contributed by atoms with Crippen molar-refractivity contribution in [1.29, 1.82) is 0 Å². The minimum atomic E-state index is -0.128. The van der Waals surface area contributed by atoms with Crippen LogP contribution in [0.15, 0.2) is 36.5 Å². The molecule has 1 aromatic heterocycles. The third-order valence-corrected chi connectivity index (χ3v) is 4.41. The molecule has 1 aromatic carbocycles. The van der Waals surface area contributed by atoms with Gasteiger partial charge in [-0.05, 0) is 25.0 Å². The van der Waals surface area contributed by atoms with Gasteiger partial charge >= 0.3 is 0 Å². The molecule has 6 nitrogen and oxygen atoms in total. The molecular weight excluding hydrogens is 318 g/mol. The number of nitrogens with zero attached hydrogens (tertiary/aromatic N) is 2. The minimum Gasteiger partial charge on any atom is -0.376 e. The largest absolute Gasteiger partial charge is 0.376 e. The van der Waals surface area contributed by atoms with E-state index in [9.17, 15) is 9.59 Å². The molecule has 1 fully saturated rings. The fourth-order valence-electron chi connectivity index (χ4n) is 3.07. The molecule has 1 atom stereocenters. The molecule has 2 amide bonds. The highest BCUT2D eigenvalue weighted by molar-refractivity contribution is 6.00. The van der Waals surface area contributed by atoms with Gasteiger partial charge in [0.25, 0.3) is 0 Å². The van der Waals surface area contributed by atoms with E-state index >= 15 is 0 Å². The summed E-state index contributed by atoms with van der Waals surface area (Å²) < 4.78 is 5.58. The first-order valence-electron chi connectivity index (χ1n) is 8.64. The number of fused-ring (bicyclic) bond motifs is 1. The molecule has 1 unspecified atom stereocenters. The van der Waals surface area contributed by atoms with Crippen molar-refractivity contribution in [2.24, 2.45) is 0 Å². The average molecular weight is 341 g/mol. The van der Waals surface area contributed by atoms with E-state index in [0.29, 0.717) is 18.8 Å². The molecule has 0 bridgehead atoms. The van der Waals surface area contributed by atoms with Crippen molar-refractivity contribution in [3.05, 3.63) is 36.5 Å². The van der Waals surface area contributed by atoms with E-state index < -0.39 is 0 Å². The van der Waals surface area contributed by atoms with Gasteiger partial charge < -0.3 is 15.0 Å². The molecule has 2 aromatic rings. The van der Waals surface area contributed by atoms with Crippen molar-refractivity contribution < 1.29 is 14.3 Å². The molecule has 0 saturated carbocycles. The first kappa shape index (κ1) is 17.4. The Morgan fingerprint density at radius 2 is 2.16 bits per heavy atom. The average Bonchev–Trinajstić information content (AvgIpc) is 3.12. The van der Waals surface area contributed by atoms with Crippen LogP contribution in [0.1, 0.15) is 26.2 Å². The van der Waals surface area contributed by atoms with Gasteiger partial charge in [0.1, 0.15) is 0 Å². The lowest BCUT2D eigenvalue weighted by atomic mass is 10.2. The smallest absolute Gasteiger partial charge is 0.226 e. The predicted octanol–water partition coefficient (Wildman–Crippen LogP) is 2.59. The maximum absolute atomic E-state index is 12.3. The van der Waals surface area contributed by atoms with Gasteiger partial charge in [0.2, 0.25) is 11.8 Å². The number of aromatic nitrogens is 1. The van der Waals surface area contributed by atoms with Crippen molar-refractivity contribution >= 4 is 28.4 Å². The van der Waals surface area contributed by atoms with Gasteiger partial charge in [0.15, 0.2) is 0 Å². The molecule has 6 heteroatoms. The second-order valence-electron chi connectivity index (χ2n) is 6.28.